The molecule has 0 atom stereocenters. The lowest BCUT2D eigenvalue weighted by molar-refractivity contribution is -0.384. The zero-order chi connectivity index (χ0) is 23.5. The minimum atomic E-state index is -0.526. The third kappa shape index (κ3) is 5.68. The van der Waals surface area contributed by atoms with Crippen molar-refractivity contribution in [3.63, 3.8) is 0 Å². The van der Waals surface area contributed by atoms with Crippen molar-refractivity contribution in [1.82, 2.24) is 0 Å². The first-order chi connectivity index (χ1) is 15.8. The first-order valence-electron chi connectivity index (χ1n) is 9.44. The van der Waals surface area contributed by atoms with E-state index >= 15 is 0 Å². The van der Waals surface area contributed by atoms with Gasteiger partial charge in [-0.15, -0.1) is 0 Å². The van der Waals surface area contributed by atoms with E-state index in [0.717, 1.165) is 9.13 Å². The first kappa shape index (κ1) is 23.6. The van der Waals surface area contributed by atoms with Gasteiger partial charge >= 0.3 is 5.97 Å². The fraction of sp³-hybridized carbons (Fsp3) is 0.0435. The molecular formula is C23H13Br2IN2O5. The molecule has 1 aliphatic rings. The van der Waals surface area contributed by atoms with E-state index in [1.54, 1.807) is 30.3 Å². The second-order valence-corrected chi connectivity index (χ2v) is 9.83. The number of ether oxygens (including phenoxy) is 2. The Bertz CT molecular complexity index is 1300. The molecule has 0 bridgehead atoms. The van der Waals surface area contributed by atoms with Crippen LogP contribution in [0.15, 0.2) is 80.3 Å². The fourth-order valence-corrected chi connectivity index (χ4v) is 4.81. The molecule has 10 heteroatoms. The van der Waals surface area contributed by atoms with E-state index in [1.807, 2.05) is 24.3 Å². The summed E-state index contributed by atoms with van der Waals surface area (Å²) in [6, 6.07) is 17.3. The van der Waals surface area contributed by atoms with Crippen LogP contribution in [0, 0.1) is 13.7 Å². The van der Waals surface area contributed by atoms with Gasteiger partial charge < -0.3 is 9.47 Å². The molecule has 0 saturated carbocycles. The van der Waals surface area contributed by atoms with E-state index in [-0.39, 0.29) is 23.9 Å². The Balaban J connectivity index is 1.54. The van der Waals surface area contributed by atoms with Crippen LogP contribution in [-0.2, 0) is 16.1 Å². The van der Waals surface area contributed by atoms with Crippen LogP contribution >= 0.6 is 54.5 Å². The quantitative estimate of drug-likeness (QED) is 0.0955. The number of hydrogen-bond donors (Lipinski definition) is 0. The number of nitro groups is 1. The minimum absolute atomic E-state index is 0.00446. The molecule has 0 amide bonds. The number of carbonyl (C=O) groups excluding carboxylic acids is 1. The standard InChI is InChI=1S/C23H13Br2IN2O5/c24-18-9-14(11-20-23(29)33-22(27-20)15-4-6-16(26)7-5-15)10-19(25)21(18)32-12-13-2-1-3-17(8-13)28(30)31/h1-11H,12H2/b20-11-. The van der Waals surface area contributed by atoms with Crippen LogP contribution in [0.2, 0.25) is 0 Å². The highest BCUT2D eigenvalue weighted by molar-refractivity contribution is 14.1. The first-order valence-corrected chi connectivity index (χ1v) is 12.1. The van der Waals surface area contributed by atoms with Crippen LogP contribution in [0.1, 0.15) is 16.7 Å². The second kappa shape index (κ2) is 10.1. The van der Waals surface area contributed by atoms with Crippen LogP contribution in [0.25, 0.3) is 6.08 Å². The molecule has 0 radical (unpaired) electrons. The average molecular weight is 684 g/mol. The molecule has 3 aromatic carbocycles. The number of non-ortho nitro benzene ring substituents is 1. The number of benzene rings is 3. The van der Waals surface area contributed by atoms with Crippen LogP contribution in [0.3, 0.4) is 0 Å². The molecule has 0 aromatic heterocycles. The molecule has 0 N–H and O–H groups in total. The maximum absolute atomic E-state index is 12.3. The van der Waals surface area contributed by atoms with Gasteiger partial charge in [0.25, 0.3) is 5.69 Å². The van der Waals surface area contributed by atoms with Gasteiger partial charge in [0.15, 0.2) is 5.70 Å². The fourth-order valence-electron chi connectivity index (χ4n) is 3.00. The van der Waals surface area contributed by atoms with E-state index in [4.69, 9.17) is 9.47 Å². The van der Waals surface area contributed by atoms with Crippen molar-refractivity contribution in [3.05, 3.63) is 106 Å². The second-order valence-electron chi connectivity index (χ2n) is 6.87. The molecule has 0 unspecified atom stereocenters. The summed E-state index contributed by atoms with van der Waals surface area (Å²) < 4.78 is 13.5. The van der Waals surface area contributed by atoms with E-state index < -0.39 is 10.9 Å². The van der Waals surface area contributed by atoms with Crippen molar-refractivity contribution in [2.75, 3.05) is 0 Å². The van der Waals surface area contributed by atoms with Crippen LogP contribution in [0.5, 0.6) is 5.75 Å². The number of aliphatic imine (C=N–C) groups is 1. The van der Waals surface area contributed by atoms with Crippen molar-refractivity contribution in [2.45, 2.75) is 6.61 Å². The van der Waals surface area contributed by atoms with Gasteiger partial charge in [-0.3, -0.25) is 10.1 Å². The number of nitrogens with zero attached hydrogens (tertiary/aromatic N) is 2. The average Bonchev–Trinajstić information content (AvgIpc) is 3.14. The summed E-state index contributed by atoms with van der Waals surface area (Å²) in [5.41, 5.74) is 2.29. The molecule has 166 valence electrons. The molecule has 4 rings (SSSR count). The Hall–Kier alpha value is -2.57. The number of carbonyl (C=O) groups is 1. The number of esters is 1. The van der Waals surface area contributed by atoms with Gasteiger partial charge in [-0.25, -0.2) is 9.79 Å². The van der Waals surface area contributed by atoms with Crippen LogP contribution < -0.4 is 4.74 Å². The van der Waals surface area contributed by atoms with Crippen molar-refractivity contribution in [2.24, 2.45) is 4.99 Å². The molecule has 0 saturated heterocycles. The van der Waals surface area contributed by atoms with Crippen LogP contribution in [-0.4, -0.2) is 16.8 Å². The lowest BCUT2D eigenvalue weighted by Crippen LogP contribution is -2.05. The zero-order valence-electron chi connectivity index (χ0n) is 16.6. The van der Waals surface area contributed by atoms with Gasteiger partial charge in [-0.2, -0.15) is 0 Å². The highest BCUT2D eigenvalue weighted by Crippen LogP contribution is 2.36. The molecular weight excluding hydrogens is 671 g/mol. The summed E-state index contributed by atoms with van der Waals surface area (Å²) in [5.74, 6) is 0.264. The summed E-state index contributed by atoms with van der Waals surface area (Å²) in [6.07, 6.45) is 1.63. The highest BCUT2D eigenvalue weighted by atomic mass is 127. The molecule has 0 aliphatic carbocycles. The van der Waals surface area contributed by atoms with E-state index in [2.05, 4.69) is 59.4 Å². The highest BCUT2D eigenvalue weighted by Gasteiger charge is 2.24. The molecule has 0 fully saturated rings. The normalized spacial score (nSPS) is 14.2. The summed E-state index contributed by atoms with van der Waals surface area (Å²) in [7, 11) is 0. The Morgan fingerprint density at radius 1 is 1.09 bits per heavy atom. The van der Waals surface area contributed by atoms with Gasteiger partial charge in [0, 0.05) is 21.3 Å². The zero-order valence-corrected chi connectivity index (χ0v) is 22.0. The van der Waals surface area contributed by atoms with Crippen molar-refractivity contribution in [3.8, 4) is 5.75 Å². The molecule has 33 heavy (non-hydrogen) atoms. The third-order valence-electron chi connectivity index (χ3n) is 4.54. The largest absolute Gasteiger partial charge is 0.487 e. The summed E-state index contributed by atoms with van der Waals surface area (Å²) >= 11 is 9.17. The topological polar surface area (TPSA) is 91.0 Å². The summed E-state index contributed by atoms with van der Waals surface area (Å²) in [6.45, 7) is 0.148. The lowest BCUT2D eigenvalue weighted by atomic mass is 10.2. The number of halogens is 3. The van der Waals surface area contributed by atoms with Gasteiger partial charge in [0.2, 0.25) is 5.90 Å². The van der Waals surface area contributed by atoms with E-state index in [0.29, 0.717) is 25.8 Å². The van der Waals surface area contributed by atoms with Gasteiger partial charge in [-0.05, 0) is 108 Å². The maximum Gasteiger partial charge on any atom is 0.363 e. The third-order valence-corrected chi connectivity index (χ3v) is 6.44. The van der Waals surface area contributed by atoms with Gasteiger partial charge in [-0.1, -0.05) is 12.1 Å². The maximum atomic E-state index is 12.3. The van der Waals surface area contributed by atoms with Crippen molar-refractivity contribution in [1.29, 1.82) is 0 Å². The molecule has 7 nitrogen and oxygen atoms in total. The number of hydrogen-bond acceptors (Lipinski definition) is 6. The van der Waals surface area contributed by atoms with Gasteiger partial charge in [0.1, 0.15) is 12.4 Å². The Morgan fingerprint density at radius 3 is 2.45 bits per heavy atom. The Morgan fingerprint density at radius 2 is 1.79 bits per heavy atom. The molecule has 0 spiro atoms. The Kier molecular flexibility index (Phi) is 7.25. The van der Waals surface area contributed by atoms with Crippen LogP contribution in [0.4, 0.5) is 5.69 Å². The lowest BCUT2D eigenvalue weighted by Gasteiger charge is -2.11. The van der Waals surface area contributed by atoms with Crippen molar-refractivity contribution >= 4 is 78.1 Å². The molecule has 1 heterocycles. The van der Waals surface area contributed by atoms with E-state index in [1.165, 1.54) is 12.1 Å². The molecule has 1 aliphatic heterocycles. The summed E-state index contributed by atoms with van der Waals surface area (Å²) in [4.78, 5) is 27.1. The number of cyclic esters (lactones) is 1. The number of rotatable bonds is 6. The van der Waals surface area contributed by atoms with Crippen molar-refractivity contribution < 1.29 is 19.2 Å². The smallest absolute Gasteiger partial charge is 0.363 e. The number of nitro benzene ring substituents is 1. The SMILES string of the molecule is O=C1OC(c2ccc(I)cc2)=N/C1=C\c1cc(Br)c(OCc2cccc([N+](=O)[O-])c2)c(Br)c1. The predicted octanol–water partition coefficient (Wildman–Crippen LogP) is 6.65. The minimum Gasteiger partial charge on any atom is -0.487 e. The monoisotopic (exact) mass is 682 g/mol. The Labute approximate surface area is 219 Å². The predicted molar refractivity (Wildman–Crippen MR) is 139 cm³/mol. The molecule has 3 aromatic rings. The van der Waals surface area contributed by atoms with Gasteiger partial charge in [0.05, 0.1) is 13.9 Å². The van der Waals surface area contributed by atoms with E-state index in [9.17, 15) is 14.9 Å². The summed E-state index contributed by atoms with van der Waals surface area (Å²) in [5, 5.41) is 11.0.